The fourth-order valence-electron chi connectivity index (χ4n) is 3.38. The maximum Gasteiger partial charge on any atom is 0.224 e. The molecule has 1 aromatic heterocycles. The molecule has 1 amide bonds. The second-order valence-corrected chi connectivity index (χ2v) is 6.93. The molecule has 6 nitrogen and oxygen atoms in total. The highest BCUT2D eigenvalue weighted by Gasteiger charge is 2.22. The molecule has 0 unspecified atom stereocenters. The second-order valence-electron chi connectivity index (χ2n) is 6.93. The molecule has 144 valence electrons. The fourth-order valence-corrected chi connectivity index (χ4v) is 3.38. The van der Waals surface area contributed by atoms with Gasteiger partial charge in [-0.05, 0) is 32.3 Å². The van der Waals surface area contributed by atoms with Crippen molar-refractivity contribution >= 4 is 17.7 Å². The van der Waals surface area contributed by atoms with Gasteiger partial charge in [-0.1, -0.05) is 30.3 Å². The molecule has 0 atom stereocenters. The molecule has 6 heteroatoms. The van der Waals surface area contributed by atoms with Crippen LogP contribution in [-0.2, 0) is 11.2 Å². The van der Waals surface area contributed by atoms with Crippen molar-refractivity contribution in [3.05, 3.63) is 47.7 Å². The summed E-state index contributed by atoms with van der Waals surface area (Å²) in [5.74, 6) is 1.87. The van der Waals surface area contributed by atoms with E-state index in [4.69, 9.17) is 0 Å². The molecule has 1 aromatic carbocycles. The second kappa shape index (κ2) is 9.35. The Kier molecular flexibility index (Phi) is 6.63. The van der Waals surface area contributed by atoms with Gasteiger partial charge < -0.3 is 15.1 Å². The summed E-state index contributed by atoms with van der Waals surface area (Å²) in [5, 5.41) is 3.18. The van der Waals surface area contributed by atoms with E-state index in [-0.39, 0.29) is 5.91 Å². The lowest BCUT2D eigenvalue weighted by molar-refractivity contribution is -0.131. The Morgan fingerprint density at radius 3 is 2.56 bits per heavy atom. The lowest BCUT2D eigenvalue weighted by Gasteiger charge is -2.35. The number of nitrogens with one attached hydrogen (secondary N) is 1. The molecule has 0 radical (unpaired) electrons. The number of hydrogen-bond donors (Lipinski definition) is 1. The van der Waals surface area contributed by atoms with Crippen LogP contribution in [0.2, 0.25) is 0 Å². The van der Waals surface area contributed by atoms with Crippen molar-refractivity contribution < 1.29 is 4.79 Å². The van der Waals surface area contributed by atoms with E-state index in [0.717, 1.165) is 57.1 Å². The Hall–Kier alpha value is -2.63. The fraction of sp³-hybridized carbons (Fsp3) is 0.476. The van der Waals surface area contributed by atoms with Crippen molar-refractivity contribution in [2.45, 2.75) is 33.1 Å². The van der Waals surface area contributed by atoms with E-state index in [9.17, 15) is 4.79 Å². The Morgan fingerprint density at radius 2 is 1.85 bits per heavy atom. The molecule has 2 heterocycles. The van der Waals surface area contributed by atoms with Crippen molar-refractivity contribution in [1.29, 1.82) is 0 Å². The minimum atomic E-state index is 0.262. The van der Waals surface area contributed by atoms with Crippen LogP contribution < -0.4 is 10.2 Å². The van der Waals surface area contributed by atoms with Gasteiger partial charge in [0.05, 0.1) is 0 Å². The van der Waals surface area contributed by atoms with Gasteiger partial charge in [-0.25, -0.2) is 4.98 Å². The van der Waals surface area contributed by atoms with Gasteiger partial charge in [0.1, 0.15) is 5.82 Å². The highest BCUT2D eigenvalue weighted by Crippen LogP contribution is 2.17. The monoisotopic (exact) mass is 367 g/mol. The lowest BCUT2D eigenvalue weighted by Crippen LogP contribution is -2.49. The summed E-state index contributed by atoms with van der Waals surface area (Å²) < 4.78 is 0. The molecule has 27 heavy (non-hydrogen) atoms. The van der Waals surface area contributed by atoms with Gasteiger partial charge in [0.15, 0.2) is 0 Å². The number of amides is 1. The van der Waals surface area contributed by atoms with Crippen molar-refractivity contribution in [1.82, 2.24) is 14.9 Å². The highest BCUT2D eigenvalue weighted by molar-refractivity contribution is 5.76. The quantitative estimate of drug-likeness (QED) is 0.815. The van der Waals surface area contributed by atoms with E-state index in [1.807, 2.05) is 43.0 Å². The molecule has 0 bridgehead atoms. The van der Waals surface area contributed by atoms with Crippen LogP contribution in [0.3, 0.4) is 0 Å². The lowest BCUT2D eigenvalue weighted by atomic mass is 10.1. The van der Waals surface area contributed by atoms with E-state index in [0.29, 0.717) is 12.4 Å². The maximum absolute atomic E-state index is 12.5. The minimum Gasteiger partial charge on any atom is -0.354 e. The highest BCUT2D eigenvalue weighted by atomic mass is 16.2. The smallest absolute Gasteiger partial charge is 0.224 e. The molecular weight excluding hydrogens is 338 g/mol. The molecule has 1 saturated heterocycles. The first-order valence-electron chi connectivity index (χ1n) is 9.82. The zero-order chi connectivity index (χ0) is 19.1. The molecule has 1 fully saturated rings. The van der Waals surface area contributed by atoms with Gasteiger partial charge >= 0.3 is 0 Å². The zero-order valence-electron chi connectivity index (χ0n) is 16.3. The number of piperazine rings is 1. The Morgan fingerprint density at radius 1 is 1.11 bits per heavy atom. The number of aryl methyl sites for hydroxylation is 2. The van der Waals surface area contributed by atoms with Gasteiger partial charge in [0.2, 0.25) is 11.9 Å². The first-order valence-corrected chi connectivity index (χ1v) is 9.82. The topological polar surface area (TPSA) is 61.4 Å². The molecule has 0 spiro atoms. The standard InChI is InChI=1S/C21H29N5O/c1-3-22-21-23-17(2)16-19(24-21)25-12-14-26(15-13-25)20(27)11-7-10-18-8-5-4-6-9-18/h4-6,8-9,16H,3,7,10-15H2,1-2H3,(H,22,23,24). The summed E-state index contributed by atoms with van der Waals surface area (Å²) in [6, 6.07) is 12.4. The summed E-state index contributed by atoms with van der Waals surface area (Å²) in [6.45, 7) is 7.95. The van der Waals surface area contributed by atoms with Crippen molar-refractivity contribution in [3.8, 4) is 0 Å². The number of rotatable bonds is 7. The summed E-state index contributed by atoms with van der Waals surface area (Å²) in [6.07, 6.45) is 2.48. The predicted molar refractivity (Wildman–Crippen MR) is 109 cm³/mol. The van der Waals surface area contributed by atoms with E-state index >= 15 is 0 Å². The molecule has 0 aliphatic carbocycles. The van der Waals surface area contributed by atoms with Crippen LogP contribution in [0.5, 0.6) is 0 Å². The van der Waals surface area contributed by atoms with Gasteiger partial charge in [0, 0.05) is 50.9 Å². The van der Waals surface area contributed by atoms with Crippen LogP contribution in [0.4, 0.5) is 11.8 Å². The largest absolute Gasteiger partial charge is 0.354 e. The number of carbonyl (C=O) groups is 1. The number of hydrogen-bond acceptors (Lipinski definition) is 5. The van der Waals surface area contributed by atoms with Crippen LogP contribution in [0, 0.1) is 6.92 Å². The first-order chi connectivity index (χ1) is 13.2. The minimum absolute atomic E-state index is 0.262. The number of aromatic nitrogens is 2. The Labute approximate surface area is 161 Å². The van der Waals surface area contributed by atoms with Crippen molar-refractivity contribution in [3.63, 3.8) is 0 Å². The molecule has 0 saturated carbocycles. The van der Waals surface area contributed by atoms with Gasteiger partial charge in [-0.15, -0.1) is 0 Å². The number of benzene rings is 1. The Balaban J connectivity index is 1.47. The van der Waals surface area contributed by atoms with Crippen LogP contribution in [0.25, 0.3) is 0 Å². The summed E-state index contributed by atoms with van der Waals surface area (Å²) in [7, 11) is 0. The number of carbonyl (C=O) groups excluding carboxylic acids is 1. The first kappa shape index (κ1) is 19.1. The average Bonchev–Trinajstić information content (AvgIpc) is 2.69. The summed E-state index contributed by atoms with van der Waals surface area (Å²) in [4.78, 5) is 25.7. The van der Waals surface area contributed by atoms with E-state index < -0.39 is 0 Å². The van der Waals surface area contributed by atoms with Crippen molar-refractivity contribution in [2.75, 3.05) is 42.9 Å². The van der Waals surface area contributed by atoms with Crippen LogP contribution in [0.15, 0.2) is 36.4 Å². The number of nitrogens with zero attached hydrogens (tertiary/aromatic N) is 4. The average molecular weight is 367 g/mol. The molecule has 1 N–H and O–H groups in total. The van der Waals surface area contributed by atoms with E-state index in [2.05, 4.69) is 32.3 Å². The molecule has 1 aliphatic rings. The van der Waals surface area contributed by atoms with Crippen LogP contribution in [-0.4, -0.2) is 53.5 Å². The van der Waals surface area contributed by atoms with Gasteiger partial charge in [0.25, 0.3) is 0 Å². The summed E-state index contributed by atoms with van der Waals surface area (Å²) >= 11 is 0. The third kappa shape index (κ3) is 5.42. The normalized spacial score (nSPS) is 14.3. The zero-order valence-corrected chi connectivity index (χ0v) is 16.3. The third-order valence-corrected chi connectivity index (χ3v) is 4.83. The van der Waals surface area contributed by atoms with Crippen LogP contribution >= 0.6 is 0 Å². The molecule has 2 aromatic rings. The van der Waals surface area contributed by atoms with Crippen LogP contribution in [0.1, 0.15) is 31.0 Å². The summed E-state index contributed by atoms with van der Waals surface area (Å²) in [5.41, 5.74) is 2.25. The predicted octanol–water partition coefficient (Wildman–Crippen LogP) is 2.89. The SMILES string of the molecule is CCNc1nc(C)cc(N2CCN(C(=O)CCCc3ccccc3)CC2)n1. The van der Waals surface area contributed by atoms with Gasteiger partial charge in [-0.3, -0.25) is 4.79 Å². The molecule has 3 rings (SSSR count). The Bertz CT molecular complexity index is 741. The van der Waals surface area contributed by atoms with E-state index in [1.54, 1.807) is 0 Å². The van der Waals surface area contributed by atoms with E-state index in [1.165, 1.54) is 5.56 Å². The van der Waals surface area contributed by atoms with Crippen molar-refractivity contribution in [2.24, 2.45) is 0 Å². The maximum atomic E-state index is 12.5. The van der Waals surface area contributed by atoms with Gasteiger partial charge in [-0.2, -0.15) is 4.98 Å². The third-order valence-electron chi connectivity index (χ3n) is 4.83. The molecular formula is C21H29N5O. The molecule has 1 aliphatic heterocycles. The number of anilines is 2.